The quantitative estimate of drug-likeness (QED) is 0.807. The van der Waals surface area contributed by atoms with E-state index in [1.807, 2.05) is 24.3 Å². The van der Waals surface area contributed by atoms with Gasteiger partial charge in [-0.1, -0.05) is 17.7 Å². The molecule has 1 aliphatic rings. The van der Waals surface area contributed by atoms with E-state index in [2.05, 4.69) is 5.32 Å². The van der Waals surface area contributed by atoms with Gasteiger partial charge in [0.2, 0.25) is 0 Å². The van der Waals surface area contributed by atoms with Crippen molar-refractivity contribution in [2.24, 2.45) is 0 Å². The fraction of sp³-hybridized carbons (Fsp3) is 0.312. The SMILES string of the molecule is COCCCNC(=O)c1cc2c(s1)-c1ccc(Cl)cc1SC2. The molecule has 0 aliphatic carbocycles. The smallest absolute Gasteiger partial charge is 0.261 e. The lowest BCUT2D eigenvalue weighted by Gasteiger charge is -2.15. The Balaban J connectivity index is 1.78. The summed E-state index contributed by atoms with van der Waals surface area (Å²) >= 11 is 9.38. The lowest BCUT2D eigenvalue weighted by molar-refractivity contribution is 0.0952. The average Bonchev–Trinajstić information content (AvgIpc) is 2.95. The van der Waals surface area contributed by atoms with Gasteiger partial charge >= 0.3 is 0 Å². The summed E-state index contributed by atoms with van der Waals surface area (Å²) in [5, 5.41) is 3.69. The maximum absolute atomic E-state index is 12.2. The van der Waals surface area contributed by atoms with Gasteiger partial charge in [0.15, 0.2) is 0 Å². The van der Waals surface area contributed by atoms with Gasteiger partial charge < -0.3 is 10.1 Å². The van der Waals surface area contributed by atoms with Gasteiger partial charge in [-0.3, -0.25) is 4.79 Å². The molecule has 1 aromatic carbocycles. The number of ether oxygens (including phenoxy) is 1. The molecule has 6 heteroatoms. The monoisotopic (exact) mass is 353 g/mol. The molecule has 0 atom stereocenters. The Labute approximate surface area is 143 Å². The normalized spacial score (nSPS) is 12.6. The summed E-state index contributed by atoms with van der Waals surface area (Å²) in [6.07, 6.45) is 0.824. The van der Waals surface area contributed by atoms with Gasteiger partial charge in [-0.2, -0.15) is 0 Å². The van der Waals surface area contributed by atoms with Crippen LogP contribution in [0.4, 0.5) is 0 Å². The van der Waals surface area contributed by atoms with E-state index < -0.39 is 0 Å². The minimum Gasteiger partial charge on any atom is -0.385 e. The van der Waals surface area contributed by atoms with E-state index in [0.717, 1.165) is 22.1 Å². The lowest BCUT2D eigenvalue weighted by Crippen LogP contribution is -2.24. The summed E-state index contributed by atoms with van der Waals surface area (Å²) in [5.74, 6) is 0.881. The number of thiophene rings is 1. The summed E-state index contributed by atoms with van der Waals surface area (Å²) in [6.45, 7) is 1.29. The van der Waals surface area contributed by atoms with E-state index in [9.17, 15) is 4.79 Å². The second-order valence-electron chi connectivity index (χ2n) is 5.00. The molecule has 1 N–H and O–H groups in total. The van der Waals surface area contributed by atoms with Gasteiger partial charge in [0.25, 0.3) is 5.91 Å². The highest BCUT2D eigenvalue weighted by Gasteiger charge is 2.22. The molecule has 22 heavy (non-hydrogen) atoms. The van der Waals surface area contributed by atoms with Gasteiger partial charge in [-0.15, -0.1) is 23.1 Å². The molecule has 0 unspecified atom stereocenters. The second kappa shape index (κ2) is 7.04. The van der Waals surface area contributed by atoms with E-state index in [4.69, 9.17) is 16.3 Å². The van der Waals surface area contributed by atoms with Gasteiger partial charge in [-0.25, -0.2) is 0 Å². The molecule has 3 rings (SSSR count). The number of thioether (sulfide) groups is 1. The number of methoxy groups -OCH3 is 1. The summed E-state index contributed by atoms with van der Waals surface area (Å²) in [7, 11) is 1.66. The first-order valence-corrected chi connectivity index (χ1v) is 9.19. The Morgan fingerprint density at radius 2 is 2.27 bits per heavy atom. The van der Waals surface area contributed by atoms with E-state index in [0.29, 0.717) is 13.2 Å². The van der Waals surface area contributed by atoms with Crippen molar-refractivity contribution >= 4 is 40.6 Å². The molecule has 2 heterocycles. The van der Waals surface area contributed by atoms with Crippen molar-refractivity contribution in [1.29, 1.82) is 0 Å². The molecule has 1 amide bonds. The number of rotatable bonds is 5. The van der Waals surface area contributed by atoms with Crippen molar-refractivity contribution in [3.8, 4) is 10.4 Å². The molecule has 2 aromatic rings. The number of benzene rings is 1. The molecule has 0 spiro atoms. The first kappa shape index (κ1) is 15.9. The van der Waals surface area contributed by atoms with Crippen LogP contribution in [0.1, 0.15) is 21.7 Å². The number of halogens is 1. The Bertz CT molecular complexity index is 699. The van der Waals surface area contributed by atoms with Crippen LogP contribution in [0.5, 0.6) is 0 Å². The molecule has 1 aromatic heterocycles. The third kappa shape index (κ3) is 3.33. The lowest BCUT2D eigenvalue weighted by atomic mass is 10.1. The molecule has 0 saturated carbocycles. The highest BCUT2D eigenvalue weighted by molar-refractivity contribution is 7.98. The molecule has 0 fully saturated rings. The predicted octanol–water partition coefficient (Wildman–Crippen LogP) is 4.44. The second-order valence-corrected chi connectivity index (χ2v) is 7.50. The Morgan fingerprint density at radius 1 is 1.41 bits per heavy atom. The molecule has 0 bridgehead atoms. The largest absolute Gasteiger partial charge is 0.385 e. The maximum atomic E-state index is 12.2. The number of amides is 1. The zero-order valence-corrected chi connectivity index (χ0v) is 14.5. The number of carbonyl (C=O) groups is 1. The Hall–Kier alpha value is -1.01. The van der Waals surface area contributed by atoms with Gasteiger partial charge in [0, 0.05) is 46.4 Å². The zero-order valence-electron chi connectivity index (χ0n) is 12.1. The van der Waals surface area contributed by atoms with E-state index in [1.165, 1.54) is 20.9 Å². The van der Waals surface area contributed by atoms with Crippen molar-refractivity contribution in [2.45, 2.75) is 17.1 Å². The fourth-order valence-electron chi connectivity index (χ4n) is 2.34. The van der Waals surface area contributed by atoms with Crippen molar-refractivity contribution < 1.29 is 9.53 Å². The number of hydrogen-bond acceptors (Lipinski definition) is 4. The van der Waals surface area contributed by atoms with Crippen LogP contribution < -0.4 is 5.32 Å². The minimum atomic E-state index is -0.00369. The predicted molar refractivity (Wildman–Crippen MR) is 93.2 cm³/mol. The standard InChI is InChI=1S/C16H16ClNO2S2/c1-20-6-2-5-18-16(19)14-7-10-9-21-13-8-11(17)3-4-12(13)15(10)22-14/h3-4,7-8H,2,5-6,9H2,1H3,(H,18,19). The van der Waals surface area contributed by atoms with Crippen molar-refractivity contribution in [1.82, 2.24) is 5.32 Å². The fourth-order valence-corrected chi connectivity index (χ4v) is 4.94. The van der Waals surface area contributed by atoms with Crippen molar-refractivity contribution in [3.05, 3.63) is 39.7 Å². The third-order valence-electron chi connectivity index (χ3n) is 3.42. The molecule has 1 aliphatic heterocycles. The summed E-state index contributed by atoms with van der Waals surface area (Å²) < 4.78 is 4.98. The number of fused-ring (bicyclic) bond motifs is 3. The van der Waals surface area contributed by atoms with Crippen molar-refractivity contribution in [3.63, 3.8) is 0 Å². The third-order valence-corrected chi connectivity index (χ3v) is 5.96. The highest BCUT2D eigenvalue weighted by atomic mass is 35.5. The van der Waals surface area contributed by atoms with Crippen LogP contribution in [-0.2, 0) is 10.5 Å². The van der Waals surface area contributed by atoms with E-state index in [-0.39, 0.29) is 5.91 Å². The molecular formula is C16H16ClNO2S2. The van der Waals surface area contributed by atoms with Crippen molar-refractivity contribution in [2.75, 3.05) is 20.3 Å². The Morgan fingerprint density at radius 3 is 3.09 bits per heavy atom. The number of carbonyl (C=O) groups excluding carboxylic acids is 1. The molecule has 116 valence electrons. The van der Waals surface area contributed by atoms with E-state index >= 15 is 0 Å². The molecule has 0 radical (unpaired) electrons. The summed E-state index contributed by atoms with van der Waals surface area (Å²) in [6, 6.07) is 7.95. The molecule has 3 nitrogen and oxygen atoms in total. The zero-order chi connectivity index (χ0) is 15.5. The van der Waals surface area contributed by atoms with Gasteiger partial charge in [-0.05, 0) is 30.2 Å². The topological polar surface area (TPSA) is 38.3 Å². The number of hydrogen-bond donors (Lipinski definition) is 1. The molecular weight excluding hydrogens is 338 g/mol. The Kier molecular flexibility index (Phi) is 5.08. The van der Waals surface area contributed by atoms with Crippen LogP contribution >= 0.6 is 34.7 Å². The first-order chi connectivity index (χ1) is 10.7. The van der Waals surface area contributed by atoms with Crippen LogP contribution in [0.2, 0.25) is 5.02 Å². The maximum Gasteiger partial charge on any atom is 0.261 e. The van der Waals surface area contributed by atoms with Crippen LogP contribution in [0.15, 0.2) is 29.2 Å². The first-order valence-electron chi connectivity index (χ1n) is 7.01. The van der Waals surface area contributed by atoms with Crippen LogP contribution in [0.25, 0.3) is 10.4 Å². The highest BCUT2D eigenvalue weighted by Crippen LogP contribution is 2.46. The van der Waals surface area contributed by atoms with Crippen LogP contribution in [0.3, 0.4) is 0 Å². The van der Waals surface area contributed by atoms with Crippen LogP contribution in [0, 0.1) is 0 Å². The summed E-state index contributed by atoms with van der Waals surface area (Å²) in [4.78, 5) is 15.4. The average molecular weight is 354 g/mol. The summed E-state index contributed by atoms with van der Waals surface area (Å²) in [5.41, 5.74) is 2.41. The molecule has 0 saturated heterocycles. The minimum absolute atomic E-state index is 0.00369. The van der Waals surface area contributed by atoms with Gasteiger partial charge in [0.05, 0.1) is 4.88 Å². The van der Waals surface area contributed by atoms with Gasteiger partial charge in [0.1, 0.15) is 0 Å². The number of nitrogens with one attached hydrogen (secondary N) is 1. The van der Waals surface area contributed by atoms with E-state index in [1.54, 1.807) is 30.2 Å². The van der Waals surface area contributed by atoms with Crippen LogP contribution in [-0.4, -0.2) is 26.2 Å².